The molecule has 1 aliphatic carbocycles. The zero-order valence-electron chi connectivity index (χ0n) is 16.9. The SMILES string of the molecule is O=C(NCC1(c2ccccc2)CCCC1)C1CCCN(C(=O)N2CCCC2)C1. The number of hydrogen-bond donors (Lipinski definition) is 1. The Balaban J connectivity index is 1.35. The highest BCUT2D eigenvalue weighted by Gasteiger charge is 2.37. The molecule has 2 saturated heterocycles. The highest BCUT2D eigenvalue weighted by Crippen LogP contribution is 2.40. The maximum Gasteiger partial charge on any atom is 0.320 e. The predicted octanol–water partition coefficient (Wildman–Crippen LogP) is 3.54. The van der Waals surface area contributed by atoms with E-state index in [1.165, 1.54) is 18.4 Å². The van der Waals surface area contributed by atoms with Gasteiger partial charge in [-0.15, -0.1) is 0 Å². The molecule has 1 unspecified atom stereocenters. The van der Waals surface area contributed by atoms with Gasteiger partial charge in [-0.05, 0) is 44.1 Å². The summed E-state index contributed by atoms with van der Waals surface area (Å²) >= 11 is 0. The third kappa shape index (κ3) is 4.03. The monoisotopic (exact) mass is 383 g/mol. The summed E-state index contributed by atoms with van der Waals surface area (Å²) in [4.78, 5) is 29.5. The summed E-state index contributed by atoms with van der Waals surface area (Å²) in [5, 5.41) is 3.27. The van der Waals surface area contributed by atoms with Crippen molar-refractivity contribution in [2.75, 3.05) is 32.7 Å². The van der Waals surface area contributed by atoms with E-state index in [-0.39, 0.29) is 23.3 Å². The topological polar surface area (TPSA) is 52.7 Å². The standard InChI is InChI=1S/C23H33N3O2/c27-21(19-9-8-16-26(17-19)22(28)25-14-6-7-15-25)24-18-23(12-4-5-13-23)20-10-2-1-3-11-20/h1-3,10-11,19H,4-9,12-18H2,(H,24,27). The van der Waals surface area contributed by atoms with E-state index < -0.39 is 0 Å². The van der Waals surface area contributed by atoms with Gasteiger partial charge >= 0.3 is 6.03 Å². The van der Waals surface area contributed by atoms with Gasteiger partial charge in [0.15, 0.2) is 0 Å². The molecule has 0 radical (unpaired) electrons. The number of nitrogens with zero attached hydrogens (tertiary/aromatic N) is 2. The molecular weight excluding hydrogens is 350 g/mol. The molecule has 3 aliphatic rings. The van der Waals surface area contributed by atoms with Gasteiger partial charge in [0.25, 0.3) is 0 Å². The summed E-state index contributed by atoms with van der Waals surface area (Å²) in [6.07, 6.45) is 8.74. The first kappa shape index (κ1) is 19.3. The fourth-order valence-electron chi connectivity index (χ4n) is 5.28. The highest BCUT2D eigenvalue weighted by atomic mass is 16.2. The van der Waals surface area contributed by atoms with Gasteiger partial charge in [-0.1, -0.05) is 43.2 Å². The average Bonchev–Trinajstić information content (AvgIpc) is 3.45. The minimum absolute atomic E-state index is 0.0745. The van der Waals surface area contributed by atoms with Crippen molar-refractivity contribution in [3.05, 3.63) is 35.9 Å². The molecule has 0 bridgehead atoms. The van der Waals surface area contributed by atoms with Gasteiger partial charge in [-0.25, -0.2) is 4.79 Å². The van der Waals surface area contributed by atoms with Crippen molar-refractivity contribution >= 4 is 11.9 Å². The normalized spacial score (nSPS) is 24.4. The average molecular weight is 384 g/mol. The number of rotatable bonds is 4. The van der Waals surface area contributed by atoms with E-state index in [1.54, 1.807) is 0 Å². The van der Waals surface area contributed by atoms with Crippen molar-refractivity contribution in [1.29, 1.82) is 0 Å². The molecule has 2 aliphatic heterocycles. The van der Waals surface area contributed by atoms with Crippen molar-refractivity contribution < 1.29 is 9.59 Å². The first-order chi connectivity index (χ1) is 13.7. The van der Waals surface area contributed by atoms with E-state index in [1.807, 2.05) is 9.80 Å². The third-order valence-corrected chi connectivity index (χ3v) is 6.99. The second-order valence-corrected chi connectivity index (χ2v) is 8.83. The lowest BCUT2D eigenvalue weighted by atomic mass is 9.78. The quantitative estimate of drug-likeness (QED) is 0.865. The number of amides is 3. The van der Waals surface area contributed by atoms with E-state index in [9.17, 15) is 9.59 Å². The molecule has 28 heavy (non-hydrogen) atoms. The van der Waals surface area contributed by atoms with Gasteiger partial charge in [0.2, 0.25) is 5.91 Å². The number of carbonyl (C=O) groups excluding carboxylic acids is 2. The van der Waals surface area contributed by atoms with Crippen LogP contribution < -0.4 is 5.32 Å². The molecule has 2 heterocycles. The number of nitrogens with one attached hydrogen (secondary N) is 1. The molecule has 1 N–H and O–H groups in total. The van der Waals surface area contributed by atoms with E-state index in [2.05, 4.69) is 35.6 Å². The van der Waals surface area contributed by atoms with Crippen molar-refractivity contribution in [2.24, 2.45) is 5.92 Å². The minimum atomic E-state index is -0.0745. The molecule has 1 saturated carbocycles. The minimum Gasteiger partial charge on any atom is -0.355 e. The van der Waals surface area contributed by atoms with Crippen LogP contribution >= 0.6 is 0 Å². The van der Waals surface area contributed by atoms with Gasteiger partial charge in [-0.3, -0.25) is 4.79 Å². The maximum absolute atomic E-state index is 13.0. The molecule has 1 atom stereocenters. The van der Waals surface area contributed by atoms with Crippen LogP contribution in [0.1, 0.15) is 56.9 Å². The zero-order chi connectivity index (χ0) is 19.4. The molecule has 1 aromatic rings. The van der Waals surface area contributed by atoms with E-state index in [4.69, 9.17) is 0 Å². The Bertz CT molecular complexity index is 678. The highest BCUT2D eigenvalue weighted by molar-refractivity contribution is 5.81. The fraction of sp³-hybridized carbons (Fsp3) is 0.652. The third-order valence-electron chi connectivity index (χ3n) is 6.99. The van der Waals surface area contributed by atoms with Gasteiger partial charge < -0.3 is 15.1 Å². The Morgan fingerprint density at radius 2 is 1.61 bits per heavy atom. The molecule has 152 valence electrons. The summed E-state index contributed by atoms with van der Waals surface area (Å²) in [7, 11) is 0. The molecule has 4 rings (SSSR count). The van der Waals surface area contributed by atoms with E-state index in [0.717, 1.165) is 58.2 Å². The number of benzene rings is 1. The molecule has 5 heteroatoms. The number of urea groups is 1. The fourth-order valence-corrected chi connectivity index (χ4v) is 5.28. The Morgan fingerprint density at radius 3 is 2.32 bits per heavy atom. The molecule has 3 amide bonds. The molecule has 0 spiro atoms. The Labute approximate surface area is 168 Å². The van der Waals surface area contributed by atoms with Crippen LogP contribution in [0.25, 0.3) is 0 Å². The first-order valence-electron chi connectivity index (χ1n) is 11.1. The summed E-state index contributed by atoms with van der Waals surface area (Å²) in [5.74, 6) is 0.0515. The lowest BCUT2D eigenvalue weighted by molar-refractivity contribution is -0.126. The van der Waals surface area contributed by atoms with Crippen LogP contribution in [0.5, 0.6) is 0 Å². The van der Waals surface area contributed by atoms with Crippen molar-refractivity contribution in [3.63, 3.8) is 0 Å². The summed E-state index contributed by atoms with van der Waals surface area (Å²) in [6.45, 7) is 3.80. The van der Waals surface area contributed by atoms with Crippen molar-refractivity contribution in [2.45, 2.75) is 56.8 Å². The molecule has 1 aromatic carbocycles. The molecule has 3 fully saturated rings. The van der Waals surface area contributed by atoms with Crippen molar-refractivity contribution in [1.82, 2.24) is 15.1 Å². The van der Waals surface area contributed by atoms with Gasteiger partial charge in [0, 0.05) is 38.1 Å². The zero-order valence-corrected chi connectivity index (χ0v) is 16.9. The Kier molecular flexibility index (Phi) is 5.88. The van der Waals surface area contributed by atoms with Crippen LogP contribution in [0.2, 0.25) is 0 Å². The number of piperidine rings is 1. The summed E-state index contributed by atoms with van der Waals surface area (Å²) in [6, 6.07) is 10.8. The number of carbonyl (C=O) groups is 2. The van der Waals surface area contributed by atoms with E-state index >= 15 is 0 Å². The van der Waals surface area contributed by atoms with Gasteiger partial charge in [0.05, 0.1) is 5.92 Å². The van der Waals surface area contributed by atoms with Crippen LogP contribution in [0.3, 0.4) is 0 Å². The maximum atomic E-state index is 13.0. The van der Waals surface area contributed by atoms with E-state index in [0.29, 0.717) is 13.1 Å². The predicted molar refractivity (Wildman–Crippen MR) is 110 cm³/mol. The Morgan fingerprint density at radius 1 is 0.929 bits per heavy atom. The van der Waals surface area contributed by atoms with Crippen LogP contribution in [-0.2, 0) is 10.2 Å². The largest absolute Gasteiger partial charge is 0.355 e. The van der Waals surface area contributed by atoms with Crippen LogP contribution in [0.4, 0.5) is 4.79 Å². The van der Waals surface area contributed by atoms with Crippen LogP contribution in [0, 0.1) is 5.92 Å². The van der Waals surface area contributed by atoms with Gasteiger partial charge in [0.1, 0.15) is 0 Å². The Hall–Kier alpha value is -2.04. The second-order valence-electron chi connectivity index (χ2n) is 8.83. The summed E-state index contributed by atoms with van der Waals surface area (Å²) < 4.78 is 0. The first-order valence-corrected chi connectivity index (χ1v) is 11.1. The summed E-state index contributed by atoms with van der Waals surface area (Å²) in [5.41, 5.74) is 1.43. The van der Waals surface area contributed by atoms with Crippen molar-refractivity contribution in [3.8, 4) is 0 Å². The lowest BCUT2D eigenvalue weighted by Gasteiger charge is -2.35. The number of likely N-dealkylation sites (tertiary alicyclic amines) is 2. The van der Waals surface area contributed by atoms with Crippen LogP contribution in [-0.4, -0.2) is 54.5 Å². The molecule has 0 aromatic heterocycles. The van der Waals surface area contributed by atoms with Gasteiger partial charge in [-0.2, -0.15) is 0 Å². The molecular formula is C23H33N3O2. The molecule has 5 nitrogen and oxygen atoms in total. The second kappa shape index (κ2) is 8.54. The number of hydrogen-bond acceptors (Lipinski definition) is 2. The van der Waals surface area contributed by atoms with Crippen LogP contribution in [0.15, 0.2) is 30.3 Å². The smallest absolute Gasteiger partial charge is 0.320 e. The lowest BCUT2D eigenvalue weighted by Crippen LogP contribution is -2.50.